The monoisotopic (exact) mass is 278 g/mol. The molecule has 4 nitrogen and oxygen atoms in total. The maximum Gasteiger partial charge on any atom is 0.325 e. The summed E-state index contributed by atoms with van der Waals surface area (Å²) in [4.78, 5) is 10.6. The van der Waals surface area contributed by atoms with Gasteiger partial charge in [-0.3, -0.25) is 9.48 Å². The Hall–Kier alpha value is -1.60. The van der Waals surface area contributed by atoms with Crippen LogP contribution in [-0.2, 0) is 17.3 Å². The van der Waals surface area contributed by atoms with Crippen molar-refractivity contribution in [1.82, 2.24) is 9.78 Å². The number of nitrogens with zero attached hydrogens (tertiary/aromatic N) is 2. The van der Waals surface area contributed by atoms with E-state index in [9.17, 15) is 22.4 Å². The smallest absolute Gasteiger partial charge is 0.325 e. The summed E-state index contributed by atoms with van der Waals surface area (Å²) in [6, 6.07) is 0. The van der Waals surface area contributed by atoms with Crippen molar-refractivity contribution in [3.05, 3.63) is 17.0 Å². The Kier molecular flexibility index (Phi) is 2.28. The molecule has 0 bridgehead atoms. The molecule has 1 aromatic heterocycles. The largest absolute Gasteiger partial charge is 0.480 e. The summed E-state index contributed by atoms with van der Waals surface area (Å²) < 4.78 is 54.5. The molecule has 19 heavy (non-hydrogen) atoms. The van der Waals surface area contributed by atoms with Crippen LogP contribution in [0.5, 0.6) is 0 Å². The maximum atomic E-state index is 14.1. The first-order valence-electron chi connectivity index (χ1n) is 5.75. The van der Waals surface area contributed by atoms with E-state index in [1.807, 2.05) is 0 Å². The number of rotatable bonds is 3. The number of halogens is 4. The lowest BCUT2D eigenvalue weighted by Gasteiger charge is -2.15. The van der Waals surface area contributed by atoms with Crippen molar-refractivity contribution in [3.63, 3.8) is 0 Å². The van der Waals surface area contributed by atoms with Crippen LogP contribution in [0.4, 0.5) is 17.6 Å². The fourth-order valence-electron chi connectivity index (χ4n) is 3.20. The molecule has 1 heterocycles. The zero-order valence-electron chi connectivity index (χ0n) is 9.78. The lowest BCUT2D eigenvalue weighted by molar-refractivity contribution is -0.138. The highest BCUT2D eigenvalue weighted by atomic mass is 19.3. The van der Waals surface area contributed by atoms with Crippen LogP contribution in [0.25, 0.3) is 0 Å². The van der Waals surface area contributed by atoms with E-state index in [1.54, 1.807) is 6.92 Å². The third kappa shape index (κ3) is 1.45. The first-order valence-corrected chi connectivity index (χ1v) is 5.75. The molecule has 0 saturated heterocycles. The second kappa shape index (κ2) is 3.49. The summed E-state index contributed by atoms with van der Waals surface area (Å²) in [7, 11) is 0. The zero-order valence-corrected chi connectivity index (χ0v) is 9.78. The number of fused-ring (bicyclic) bond motifs is 3. The van der Waals surface area contributed by atoms with Gasteiger partial charge in [0.05, 0.1) is 0 Å². The van der Waals surface area contributed by atoms with Gasteiger partial charge in [0, 0.05) is 17.4 Å². The molecular formula is C11H10F4N2O2. The zero-order chi connectivity index (χ0) is 14.1. The third-order valence-corrected chi connectivity index (χ3v) is 3.96. The van der Waals surface area contributed by atoms with E-state index in [-0.39, 0.29) is 11.5 Å². The van der Waals surface area contributed by atoms with Gasteiger partial charge in [0.25, 0.3) is 12.3 Å². The average Bonchev–Trinajstić information content (AvgIpc) is 2.67. The van der Waals surface area contributed by atoms with Crippen LogP contribution in [-0.4, -0.2) is 20.9 Å². The van der Waals surface area contributed by atoms with Crippen LogP contribution in [0.1, 0.15) is 36.2 Å². The molecule has 0 aliphatic heterocycles. The molecule has 1 aromatic rings. The Morgan fingerprint density at radius 2 is 2.16 bits per heavy atom. The van der Waals surface area contributed by atoms with Crippen LogP contribution in [0, 0.1) is 11.8 Å². The fourth-order valence-corrected chi connectivity index (χ4v) is 3.20. The molecule has 2 aliphatic carbocycles. The van der Waals surface area contributed by atoms with E-state index in [2.05, 4.69) is 5.10 Å². The van der Waals surface area contributed by atoms with Gasteiger partial charge >= 0.3 is 5.97 Å². The number of carboxylic acid groups (broad SMARTS) is 1. The van der Waals surface area contributed by atoms with Gasteiger partial charge in [-0.25, -0.2) is 8.78 Å². The lowest BCUT2D eigenvalue weighted by Crippen LogP contribution is -2.23. The molecule has 1 saturated carbocycles. The minimum atomic E-state index is -3.28. The predicted octanol–water partition coefficient (Wildman–Crippen LogP) is 2.36. The highest BCUT2D eigenvalue weighted by Gasteiger charge is 2.71. The average molecular weight is 278 g/mol. The topological polar surface area (TPSA) is 55.1 Å². The number of carbonyl (C=O) groups is 1. The summed E-state index contributed by atoms with van der Waals surface area (Å²) >= 11 is 0. The van der Waals surface area contributed by atoms with E-state index in [4.69, 9.17) is 5.11 Å². The number of aromatic nitrogens is 2. The first kappa shape index (κ1) is 12.4. The van der Waals surface area contributed by atoms with E-state index in [0.29, 0.717) is 4.68 Å². The van der Waals surface area contributed by atoms with Gasteiger partial charge in [0.1, 0.15) is 17.9 Å². The van der Waals surface area contributed by atoms with Gasteiger partial charge in [-0.1, -0.05) is 6.92 Å². The number of hydrogen-bond donors (Lipinski definition) is 1. The molecule has 0 radical (unpaired) electrons. The Bertz CT molecular complexity index is 569. The molecule has 8 heteroatoms. The molecular weight excluding hydrogens is 268 g/mol. The SMILES string of the molecule is C[C@H]1[C@H]2c3c(C(F)F)nn(CC(=O)O)c3C(F)(F)[C@@H]12. The first-order chi connectivity index (χ1) is 8.76. The van der Waals surface area contributed by atoms with Gasteiger partial charge in [-0.05, 0) is 5.92 Å². The van der Waals surface area contributed by atoms with Crippen LogP contribution in [0.2, 0.25) is 0 Å². The van der Waals surface area contributed by atoms with Crippen molar-refractivity contribution in [2.75, 3.05) is 0 Å². The van der Waals surface area contributed by atoms with Gasteiger partial charge in [0.15, 0.2) is 0 Å². The van der Waals surface area contributed by atoms with Crippen molar-refractivity contribution in [2.24, 2.45) is 11.8 Å². The van der Waals surface area contributed by atoms with Gasteiger partial charge in [-0.15, -0.1) is 0 Å². The number of aliphatic carboxylic acids is 1. The Balaban J connectivity index is 2.17. The molecule has 0 unspecified atom stereocenters. The van der Waals surface area contributed by atoms with Crippen LogP contribution in [0.3, 0.4) is 0 Å². The molecule has 0 aromatic carbocycles. The van der Waals surface area contributed by atoms with E-state index < -0.39 is 48.1 Å². The third-order valence-electron chi connectivity index (χ3n) is 3.96. The summed E-state index contributed by atoms with van der Waals surface area (Å²) in [6.45, 7) is 0.744. The van der Waals surface area contributed by atoms with Crippen molar-refractivity contribution in [1.29, 1.82) is 0 Å². The summed E-state index contributed by atoms with van der Waals surface area (Å²) in [5, 5.41) is 12.0. The molecule has 1 fully saturated rings. The highest BCUT2D eigenvalue weighted by molar-refractivity contribution is 5.67. The van der Waals surface area contributed by atoms with Crippen LogP contribution < -0.4 is 0 Å². The number of hydrogen-bond acceptors (Lipinski definition) is 2. The number of carboxylic acids is 1. The van der Waals surface area contributed by atoms with E-state index in [0.717, 1.165) is 0 Å². The molecule has 3 atom stereocenters. The standard InChI is InChI=1S/C11H10F4N2O2/c1-3-5-6-8(10(12)13)16-17(2-4(18)19)9(6)11(14,15)7(3)5/h3,5,7,10H,2H2,1H3,(H,18,19)/t3-,5-,7-/m0/s1. The van der Waals surface area contributed by atoms with Gasteiger partial charge in [-0.2, -0.15) is 13.9 Å². The van der Waals surface area contributed by atoms with Gasteiger partial charge in [0.2, 0.25) is 0 Å². The lowest BCUT2D eigenvalue weighted by atomic mass is 10.1. The quantitative estimate of drug-likeness (QED) is 0.863. The molecule has 104 valence electrons. The Morgan fingerprint density at radius 1 is 1.53 bits per heavy atom. The van der Waals surface area contributed by atoms with Gasteiger partial charge < -0.3 is 5.11 Å². The summed E-state index contributed by atoms with van der Waals surface area (Å²) in [6.07, 6.45) is -2.98. The minimum Gasteiger partial charge on any atom is -0.480 e. The Morgan fingerprint density at radius 3 is 2.68 bits per heavy atom. The van der Waals surface area contributed by atoms with Crippen LogP contribution in [0.15, 0.2) is 0 Å². The second-order valence-electron chi connectivity index (χ2n) is 5.03. The fraction of sp³-hybridized carbons (Fsp3) is 0.636. The Labute approximate surface area is 105 Å². The van der Waals surface area contributed by atoms with E-state index >= 15 is 0 Å². The van der Waals surface area contributed by atoms with E-state index in [1.165, 1.54) is 0 Å². The highest BCUT2D eigenvalue weighted by Crippen LogP contribution is 2.71. The predicted molar refractivity (Wildman–Crippen MR) is 54.1 cm³/mol. The molecule has 3 rings (SSSR count). The van der Waals surface area contributed by atoms with Crippen molar-refractivity contribution < 1.29 is 27.5 Å². The molecule has 1 N–H and O–H groups in total. The maximum absolute atomic E-state index is 14.1. The van der Waals surface area contributed by atoms with Crippen molar-refractivity contribution >= 4 is 5.97 Å². The van der Waals surface area contributed by atoms with Crippen molar-refractivity contribution in [2.45, 2.75) is 31.7 Å². The number of alkyl halides is 4. The molecule has 2 aliphatic rings. The van der Waals surface area contributed by atoms with Crippen LogP contribution >= 0.6 is 0 Å². The summed E-state index contributed by atoms with van der Waals surface area (Å²) in [5.74, 6) is -6.68. The summed E-state index contributed by atoms with van der Waals surface area (Å²) in [5.41, 5.74) is -1.48. The van der Waals surface area contributed by atoms with Crippen molar-refractivity contribution in [3.8, 4) is 0 Å². The molecule has 0 spiro atoms. The normalized spacial score (nSPS) is 30.3. The molecule has 0 amide bonds. The minimum absolute atomic E-state index is 0.140. The second-order valence-corrected chi connectivity index (χ2v) is 5.03.